The Morgan fingerprint density at radius 3 is 2.54 bits per heavy atom. The third-order valence-electron chi connectivity index (χ3n) is 4.96. The second-order valence-corrected chi connectivity index (χ2v) is 7.74. The van der Waals surface area contributed by atoms with E-state index >= 15 is 0 Å². The smallest absolute Gasteiger partial charge is 0.222 e. The van der Waals surface area contributed by atoms with Gasteiger partial charge in [-0.15, -0.1) is 0 Å². The highest BCUT2D eigenvalue weighted by atomic mass is 16.5. The Bertz CT molecular complexity index is 652. The van der Waals surface area contributed by atoms with Crippen LogP contribution in [-0.2, 0) is 16.0 Å². The Kier molecular flexibility index (Phi) is 8.61. The van der Waals surface area contributed by atoms with Crippen molar-refractivity contribution in [2.45, 2.75) is 58.9 Å². The minimum absolute atomic E-state index is 0.0554. The number of aryl methyl sites for hydroxylation is 1. The van der Waals surface area contributed by atoms with Gasteiger partial charge in [0.25, 0.3) is 0 Å². The van der Waals surface area contributed by atoms with Crippen LogP contribution in [0, 0.1) is 5.92 Å². The molecule has 1 fully saturated rings. The molecule has 1 aliphatic rings. The van der Waals surface area contributed by atoms with Gasteiger partial charge in [0, 0.05) is 32.0 Å². The Balaban J connectivity index is 1.75. The molecule has 1 aromatic carbocycles. The van der Waals surface area contributed by atoms with Crippen molar-refractivity contribution in [1.82, 2.24) is 10.2 Å². The first-order valence-corrected chi connectivity index (χ1v) is 10.3. The number of likely N-dealkylation sites (tertiary alicyclic amines) is 1. The molecular weight excluding hydrogens is 356 g/mol. The summed E-state index contributed by atoms with van der Waals surface area (Å²) in [6, 6.07) is 5.95. The molecule has 2 rings (SSSR count). The van der Waals surface area contributed by atoms with E-state index in [1.54, 1.807) is 7.11 Å². The number of hydrogen-bond donors (Lipinski definition) is 1. The minimum Gasteiger partial charge on any atom is -0.493 e. The lowest BCUT2D eigenvalue weighted by Crippen LogP contribution is -2.46. The molecule has 0 unspecified atom stereocenters. The number of amides is 2. The van der Waals surface area contributed by atoms with E-state index < -0.39 is 0 Å². The first-order valence-electron chi connectivity index (χ1n) is 10.3. The van der Waals surface area contributed by atoms with Crippen molar-refractivity contribution in [3.63, 3.8) is 0 Å². The molecule has 0 aliphatic carbocycles. The van der Waals surface area contributed by atoms with E-state index in [1.807, 2.05) is 30.0 Å². The van der Waals surface area contributed by atoms with Gasteiger partial charge in [0.15, 0.2) is 11.5 Å². The first-order chi connectivity index (χ1) is 13.4. The molecule has 0 radical (unpaired) electrons. The maximum absolute atomic E-state index is 12.3. The molecule has 1 N–H and O–H groups in total. The molecule has 1 aromatic rings. The summed E-state index contributed by atoms with van der Waals surface area (Å²) >= 11 is 0. The SMILES string of the molecule is CCOc1ccc(CCC(=O)NC2CCN(C(=O)CC(C)C)CC2)cc1OC. The fourth-order valence-corrected chi connectivity index (χ4v) is 3.45. The highest BCUT2D eigenvalue weighted by molar-refractivity contribution is 5.77. The predicted molar refractivity (Wildman–Crippen MR) is 110 cm³/mol. The molecule has 156 valence electrons. The second-order valence-electron chi connectivity index (χ2n) is 7.74. The van der Waals surface area contributed by atoms with E-state index in [4.69, 9.17) is 9.47 Å². The molecule has 1 heterocycles. The van der Waals surface area contributed by atoms with E-state index in [0.29, 0.717) is 37.5 Å². The number of hydrogen-bond acceptors (Lipinski definition) is 4. The van der Waals surface area contributed by atoms with Crippen LogP contribution in [0.5, 0.6) is 11.5 Å². The van der Waals surface area contributed by atoms with Gasteiger partial charge >= 0.3 is 0 Å². The van der Waals surface area contributed by atoms with Crippen molar-refractivity contribution < 1.29 is 19.1 Å². The van der Waals surface area contributed by atoms with Gasteiger partial charge in [0.2, 0.25) is 11.8 Å². The molecule has 6 heteroatoms. The monoisotopic (exact) mass is 390 g/mol. The summed E-state index contributed by atoms with van der Waals surface area (Å²) in [6.07, 6.45) is 3.34. The molecule has 0 saturated carbocycles. The van der Waals surface area contributed by atoms with Crippen LogP contribution >= 0.6 is 0 Å². The van der Waals surface area contributed by atoms with Gasteiger partial charge in [-0.05, 0) is 49.8 Å². The quantitative estimate of drug-likeness (QED) is 0.703. The van der Waals surface area contributed by atoms with Crippen molar-refractivity contribution >= 4 is 11.8 Å². The van der Waals surface area contributed by atoms with Crippen LogP contribution < -0.4 is 14.8 Å². The average Bonchev–Trinajstić information content (AvgIpc) is 2.67. The third kappa shape index (κ3) is 6.73. The van der Waals surface area contributed by atoms with Crippen LogP contribution in [0.1, 0.15) is 52.0 Å². The lowest BCUT2D eigenvalue weighted by atomic mass is 10.0. The van der Waals surface area contributed by atoms with Crippen molar-refractivity contribution in [1.29, 1.82) is 0 Å². The zero-order valence-electron chi connectivity index (χ0n) is 17.6. The average molecular weight is 391 g/mol. The number of benzene rings is 1. The second kappa shape index (κ2) is 10.9. The summed E-state index contributed by atoms with van der Waals surface area (Å²) < 4.78 is 10.9. The highest BCUT2D eigenvalue weighted by Crippen LogP contribution is 2.28. The molecule has 6 nitrogen and oxygen atoms in total. The molecule has 2 amide bonds. The van der Waals surface area contributed by atoms with Gasteiger partial charge in [-0.25, -0.2) is 0 Å². The number of ether oxygens (including phenoxy) is 2. The number of piperidine rings is 1. The number of carbonyl (C=O) groups is 2. The summed E-state index contributed by atoms with van der Waals surface area (Å²) in [4.78, 5) is 26.4. The van der Waals surface area contributed by atoms with Gasteiger partial charge in [-0.1, -0.05) is 19.9 Å². The van der Waals surface area contributed by atoms with Crippen LogP contribution in [-0.4, -0.2) is 49.6 Å². The molecule has 28 heavy (non-hydrogen) atoms. The fourth-order valence-electron chi connectivity index (χ4n) is 3.45. The third-order valence-corrected chi connectivity index (χ3v) is 4.96. The number of nitrogens with one attached hydrogen (secondary N) is 1. The number of rotatable bonds is 9. The van der Waals surface area contributed by atoms with Crippen molar-refractivity contribution in [3.05, 3.63) is 23.8 Å². The summed E-state index contributed by atoms with van der Waals surface area (Å²) in [5, 5.41) is 3.12. The largest absolute Gasteiger partial charge is 0.493 e. The molecule has 0 spiro atoms. The van der Waals surface area contributed by atoms with Gasteiger partial charge in [-0.2, -0.15) is 0 Å². The van der Waals surface area contributed by atoms with E-state index in [0.717, 1.165) is 37.2 Å². The molecule has 0 aromatic heterocycles. The molecule has 1 saturated heterocycles. The minimum atomic E-state index is 0.0554. The van der Waals surface area contributed by atoms with Gasteiger partial charge < -0.3 is 19.7 Å². The van der Waals surface area contributed by atoms with Crippen LogP contribution in [0.3, 0.4) is 0 Å². The molecule has 1 aliphatic heterocycles. The van der Waals surface area contributed by atoms with Crippen LogP contribution in [0.25, 0.3) is 0 Å². The summed E-state index contributed by atoms with van der Waals surface area (Å²) in [6.45, 7) is 8.09. The Hall–Kier alpha value is -2.24. The first kappa shape index (κ1) is 22.1. The standard InChI is InChI=1S/C22H34N2O4/c1-5-28-19-8-6-17(15-20(19)27-4)7-9-21(25)23-18-10-12-24(13-11-18)22(26)14-16(2)3/h6,8,15-16,18H,5,7,9-14H2,1-4H3,(H,23,25). The number of carbonyl (C=O) groups excluding carboxylic acids is 2. The normalized spacial score (nSPS) is 14.8. The van der Waals surface area contributed by atoms with E-state index in [1.165, 1.54) is 0 Å². The van der Waals surface area contributed by atoms with E-state index in [-0.39, 0.29) is 17.9 Å². The Morgan fingerprint density at radius 1 is 1.21 bits per heavy atom. The van der Waals surface area contributed by atoms with Crippen LogP contribution in [0.2, 0.25) is 0 Å². The zero-order valence-corrected chi connectivity index (χ0v) is 17.6. The molecule has 0 bridgehead atoms. The van der Waals surface area contributed by atoms with E-state index in [9.17, 15) is 9.59 Å². The summed E-state index contributed by atoms with van der Waals surface area (Å²) in [5.41, 5.74) is 1.05. The van der Waals surface area contributed by atoms with E-state index in [2.05, 4.69) is 19.2 Å². The van der Waals surface area contributed by atoms with Gasteiger partial charge in [-0.3, -0.25) is 9.59 Å². The lowest BCUT2D eigenvalue weighted by Gasteiger charge is -2.33. The molecular formula is C22H34N2O4. The summed E-state index contributed by atoms with van der Waals surface area (Å²) in [7, 11) is 1.62. The van der Waals surface area contributed by atoms with Crippen molar-refractivity contribution in [2.24, 2.45) is 5.92 Å². The van der Waals surface area contributed by atoms with Crippen molar-refractivity contribution in [3.8, 4) is 11.5 Å². The van der Waals surface area contributed by atoms with Gasteiger partial charge in [0.05, 0.1) is 13.7 Å². The zero-order chi connectivity index (χ0) is 20.5. The maximum Gasteiger partial charge on any atom is 0.222 e. The lowest BCUT2D eigenvalue weighted by molar-refractivity contribution is -0.133. The molecule has 0 atom stereocenters. The predicted octanol–water partition coefficient (Wildman–Crippen LogP) is 3.18. The van der Waals surface area contributed by atoms with Crippen LogP contribution in [0.4, 0.5) is 0 Å². The number of methoxy groups -OCH3 is 1. The fraction of sp³-hybridized carbons (Fsp3) is 0.636. The topological polar surface area (TPSA) is 67.9 Å². The highest BCUT2D eigenvalue weighted by Gasteiger charge is 2.24. The van der Waals surface area contributed by atoms with Gasteiger partial charge in [0.1, 0.15) is 0 Å². The Labute approximate surface area is 168 Å². The van der Waals surface area contributed by atoms with Crippen molar-refractivity contribution in [2.75, 3.05) is 26.8 Å². The maximum atomic E-state index is 12.3. The summed E-state index contributed by atoms with van der Waals surface area (Å²) in [5.74, 6) is 2.07. The Morgan fingerprint density at radius 2 is 1.93 bits per heavy atom. The number of nitrogens with zero attached hydrogens (tertiary/aromatic N) is 1. The van der Waals surface area contributed by atoms with Crippen LogP contribution in [0.15, 0.2) is 18.2 Å².